The molecule has 2 N–H and O–H groups in total. The zero-order chi connectivity index (χ0) is 15.5. The highest BCUT2D eigenvalue weighted by atomic mass is 32.2. The Kier molecular flexibility index (Phi) is 4.08. The lowest BCUT2D eigenvalue weighted by molar-refractivity contribution is -0.387. The second-order valence-electron chi connectivity index (χ2n) is 4.16. The third-order valence-corrected chi connectivity index (χ3v) is 4.19. The van der Waals surface area contributed by atoms with Crippen LogP contribution in [0.4, 0.5) is 17.1 Å². The Morgan fingerprint density at radius 2 is 1.71 bits per heavy atom. The number of nitrogens with one attached hydrogen (secondary N) is 2. The van der Waals surface area contributed by atoms with E-state index in [9.17, 15) is 18.5 Å². The SMILES string of the molecule is CNc1ccc(S(=O)(=O)Nc2ccccc2)c([N+](=O)[O-])c1. The van der Waals surface area contributed by atoms with Gasteiger partial charge in [-0.3, -0.25) is 14.8 Å². The molecule has 0 aliphatic carbocycles. The van der Waals surface area contributed by atoms with Gasteiger partial charge in [-0.2, -0.15) is 0 Å². The first-order chi connectivity index (χ1) is 9.94. The van der Waals surface area contributed by atoms with E-state index in [0.29, 0.717) is 11.4 Å². The standard InChI is InChI=1S/C13H13N3O4S/c1-14-11-7-8-13(12(9-11)16(17)18)21(19,20)15-10-5-3-2-4-6-10/h2-9,14-15H,1H3. The molecule has 0 atom stereocenters. The topological polar surface area (TPSA) is 101 Å². The Morgan fingerprint density at radius 3 is 2.29 bits per heavy atom. The molecule has 7 nitrogen and oxygen atoms in total. The van der Waals surface area contributed by atoms with E-state index in [1.807, 2.05) is 0 Å². The number of anilines is 2. The minimum Gasteiger partial charge on any atom is -0.388 e. The Hall–Kier alpha value is -2.61. The monoisotopic (exact) mass is 307 g/mol. The van der Waals surface area contributed by atoms with Crippen LogP contribution in [0.15, 0.2) is 53.4 Å². The van der Waals surface area contributed by atoms with E-state index in [1.165, 1.54) is 18.2 Å². The van der Waals surface area contributed by atoms with Gasteiger partial charge in [0.05, 0.1) is 4.92 Å². The van der Waals surface area contributed by atoms with Crippen molar-refractivity contribution in [1.82, 2.24) is 0 Å². The van der Waals surface area contributed by atoms with E-state index in [2.05, 4.69) is 10.0 Å². The molecule has 0 aliphatic rings. The molecule has 0 aliphatic heterocycles. The van der Waals surface area contributed by atoms with Crippen molar-refractivity contribution >= 4 is 27.1 Å². The van der Waals surface area contributed by atoms with Crippen molar-refractivity contribution in [3.05, 3.63) is 58.6 Å². The van der Waals surface area contributed by atoms with Crippen LogP contribution in [0.3, 0.4) is 0 Å². The maximum absolute atomic E-state index is 12.3. The first-order valence-corrected chi connectivity index (χ1v) is 7.46. The van der Waals surface area contributed by atoms with Crippen molar-refractivity contribution in [2.24, 2.45) is 0 Å². The van der Waals surface area contributed by atoms with Crippen molar-refractivity contribution < 1.29 is 13.3 Å². The van der Waals surface area contributed by atoms with Crippen LogP contribution < -0.4 is 10.0 Å². The Labute approximate surface area is 121 Å². The summed E-state index contributed by atoms with van der Waals surface area (Å²) in [4.78, 5) is 9.97. The lowest BCUT2D eigenvalue weighted by atomic mass is 10.3. The second kappa shape index (κ2) is 5.80. The summed E-state index contributed by atoms with van der Waals surface area (Å²) in [6.07, 6.45) is 0. The molecule has 8 heteroatoms. The molecule has 0 saturated carbocycles. The van der Waals surface area contributed by atoms with E-state index in [0.717, 1.165) is 0 Å². The van der Waals surface area contributed by atoms with Crippen LogP contribution in [0.1, 0.15) is 0 Å². The largest absolute Gasteiger partial charge is 0.388 e. The fourth-order valence-electron chi connectivity index (χ4n) is 1.76. The summed E-state index contributed by atoms with van der Waals surface area (Å²) >= 11 is 0. The van der Waals surface area contributed by atoms with Gasteiger partial charge >= 0.3 is 0 Å². The van der Waals surface area contributed by atoms with Crippen molar-refractivity contribution in [3.63, 3.8) is 0 Å². The highest BCUT2D eigenvalue weighted by molar-refractivity contribution is 7.92. The molecular formula is C13H13N3O4S. The van der Waals surface area contributed by atoms with Crippen LogP contribution in [-0.4, -0.2) is 20.4 Å². The van der Waals surface area contributed by atoms with E-state index in [-0.39, 0.29) is 4.90 Å². The van der Waals surface area contributed by atoms with Crippen LogP contribution in [-0.2, 0) is 10.0 Å². The lowest BCUT2D eigenvalue weighted by Gasteiger charge is -2.09. The molecule has 0 heterocycles. The van der Waals surface area contributed by atoms with Crippen LogP contribution in [0, 0.1) is 10.1 Å². The molecule has 2 aromatic rings. The van der Waals surface area contributed by atoms with E-state index in [4.69, 9.17) is 0 Å². The molecule has 2 aromatic carbocycles. The van der Waals surface area contributed by atoms with Gasteiger partial charge in [0.2, 0.25) is 0 Å². The predicted molar refractivity (Wildman–Crippen MR) is 79.9 cm³/mol. The van der Waals surface area contributed by atoms with Gasteiger partial charge in [-0.25, -0.2) is 8.42 Å². The molecule has 0 saturated heterocycles. The predicted octanol–water partition coefficient (Wildman–Crippen LogP) is 2.44. The average molecular weight is 307 g/mol. The Morgan fingerprint density at radius 1 is 1.05 bits per heavy atom. The lowest BCUT2D eigenvalue weighted by Crippen LogP contribution is -2.14. The summed E-state index contributed by atoms with van der Waals surface area (Å²) in [5.41, 5.74) is 0.315. The summed E-state index contributed by atoms with van der Waals surface area (Å²) in [6, 6.07) is 12.0. The van der Waals surface area contributed by atoms with Gasteiger partial charge in [-0.1, -0.05) is 18.2 Å². The van der Waals surface area contributed by atoms with Gasteiger partial charge in [-0.05, 0) is 24.3 Å². The quantitative estimate of drug-likeness (QED) is 0.652. The van der Waals surface area contributed by atoms with Gasteiger partial charge in [0.25, 0.3) is 15.7 Å². The first-order valence-electron chi connectivity index (χ1n) is 5.98. The molecular weight excluding hydrogens is 294 g/mol. The minimum absolute atomic E-state index is 0.337. The number of nitro groups is 1. The van der Waals surface area contributed by atoms with Gasteiger partial charge in [0.1, 0.15) is 0 Å². The molecule has 0 aromatic heterocycles. The molecule has 0 amide bonds. The van der Waals surface area contributed by atoms with E-state index in [1.54, 1.807) is 37.4 Å². The number of rotatable bonds is 5. The zero-order valence-corrected chi connectivity index (χ0v) is 11.9. The normalized spacial score (nSPS) is 10.9. The van der Waals surface area contributed by atoms with Crippen LogP contribution in [0.5, 0.6) is 0 Å². The van der Waals surface area contributed by atoms with Gasteiger partial charge in [-0.15, -0.1) is 0 Å². The number of nitrogens with zero attached hydrogens (tertiary/aromatic N) is 1. The van der Waals surface area contributed by atoms with E-state index >= 15 is 0 Å². The summed E-state index contributed by atoms with van der Waals surface area (Å²) in [5, 5.41) is 13.8. The first kappa shape index (κ1) is 14.8. The molecule has 0 unspecified atom stereocenters. The second-order valence-corrected chi connectivity index (χ2v) is 5.81. The van der Waals surface area contributed by atoms with Gasteiger partial charge in [0, 0.05) is 24.5 Å². The van der Waals surface area contributed by atoms with Gasteiger partial charge in [0.15, 0.2) is 4.90 Å². The van der Waals surface area contributed by atoms with Crippen molar-refractivity contribution in [3.8, 4) is 0 Å². The number of para-hydroxylation sites is 1. The van der Waals surface area contributed by atoms with Gasteiger partial charge < -0.3 is 5.32 Å². The number of hydrogen-bond acceptors (Lipinski definition) is 5. The Balaban J connectivity index is 2.47. The zero-order valence-electron chi connectivity index (χ0n) is 11.1. The molecule has 110 valence electrons. The minimum atomic E-state index is -4.03. The maximum Gasteiger partial charge on any atom is 0.291 e. The summed E-state index contributed by atoms with van der Waals surface area (Å²) in [5.74, 6) is 0. The fourth-order valence-corrected chi connectivity index (χ4v) is 2.97. The number of sulfonamides is 1. The molecule has 0 fully saturated rings. The number of hydrogen-bond donors (Lipinski definition) is 2. The molecule has 21 heavy (non-hydrogen) atoms. The molecule has 0 radical (unpaired) electrons. The summed E-state index contributed by atoms with van der Waals surface area (Å²) in [7, 11) is -2.44. The van der Waals surface area contributed by atoms with Crippen molar-refractivity contribution in [2.45, 2.75) is 4.90 Å². The Bertz CT molecular complexity index is 760. The number of nitro benzene ring substituents is 1. The highest BCUT2D eigenvalue weighted by Gasteiger charge is 2.26. The van der Waals surface area contributed by atoms with Crippen LogP contribution in [0.2, 0.25) is 0 Å². The molecule has 0 bridgehead atoms. The van der Waals surface area contributed by atoms with Crippen molar-refractivity contribution in [1.29, 1.82) is 0 Å². The smallest absolute Gasteiger partial charge is 0.291 e. The average Bonchev–Trinajstić information content (AvgIpc) is 2.47. The third-order valence-electron chi connectivity index (χ3n) is 2.76. The van der Waals surface area contributed by atoms with E-state index < -0.39 is 20.6 Å². The summed E-state index contributed by atoms with van der Waals surface area (Å²) in [6.45, 7) is 0. The fraction of sp³-hybridized carbons (Fsp3) is 0.0769. The molecule has 2 rings (SSSR count). The highest BCUT2D eigenvalue weighted by Crippen LogP contribution is 2.28. The maximum atomic E-state index is 12.3. The van der Waals surface area contributed by atoms with Crippen molar-refractivity contribution in [2.75, 3.05) is 17.1 Å². The summed E-state index contributed by atoms with van der Waals surface area (Å²) < 4.78 is 26.9. The number of benzene rings is 2. The van der Waals surface area contributed by atoms with Crippen LogP contribution >= 0.6 is 0 Å². The molecule has 0 spiro atoms. The van der Waals surface area contributed by atoms with Crippen LogP contribution in [0.25, 0.3) is 0 Å². The third kappa shape index (κ3) is 3.29.